The molecule has 3 fully saturated rings. The number of rotatable bonds is 2. The number of nitrogen functional groups attached to an aromatic ring is 1. The summed E-state index contributed by atoms with van der Waals surface area (Å²) in [6.45, 7) is 0. The Morgan fingerprint density at radius 3 is 2.67 bits per heavy atom. The van der Waals surface area contributed by atoms with Crippen molar-refractivity contribution in [2.75, 3.05) is 5.73 Å². The molecule has 0 aromatic heterocycles. The van der Waals surface area contributed by atoms with Crippen molar-refractivity contribution in [3.8, 4) is 0 Å². The Labute approximate surface area is 125 Å². The molecule has 0 aliphatic heterocycles. The van der Waals surface area contributed by atoms with Gasteiger partial charge in [-0.15, -0.1) is 0 Å². The fourth-order valence-corrected chi connectivity index (χ4v) is 5.73. The van der Waals surface area contributed by atoms with Crippen molar-refractivity contribution in [3.63, 3.8) is 0 Å². The summed E-state index contributed by atoms with van der Waals surface area (Å²) in [7, 11) is 0. The summed E-state index contributed by atoms with van der Waals surface area (Å²) < 4.78 is 0. The average molecular weight is 282 g/mol. The lowest BCUT2D eigenvalue weighted by Crippen LogP contribution is -2.30. The van der Waals surface area contributed by atoms with E-state index in [1.807, 2.05) is 6.07 Å². The molecule has 0 heterocycles. The molecule has 5 rings (SSSR count). The maximum atomic E-state index is 12.6. The zero-order chi connectivity index (χ0) is 14.1. The number of anilines is 1. The van der Waals surface area contributed by atoms with Crippen molar-refractivity contribution in [1.29, 1.82) is 0 Å². The molecule has 110 valence electrons. The van der Waals surface area contributed by atoms with Gasteiger partial charge in [0, 0.05) is 11.6 Å². The number of nitrogens with one attached hydrogen (secondary N) is 1. The minimum Gasteiger partial charge on any atom is -0.399 e. The van der Waals surface area contributed by atoms with E-state index in [1.54, 1.807) is 0 Å². The molecule has 3 heteroatoms. The molecule has 0 spiro atoms. The molecular formula is C18H22N2O. The lowest BCUT2D eigenvalue weighted by molar-refractivity contribution is -0.124. The van der Waals surface area contributed by atoms with Crippen LogP contribution in [0.25, 0.3) is 0 Å². The number of hydrogen-bond donors (Lipinski definition) is 2. The lowest BCUT2D eigenvalue weighted by Gasteiger charge is -2.16. The van der Waals surface area contributed by atoms with E-state index in [-0.39, 0.29) is 6.04 Å². The van der Waals surface area contributed by atoms with Crippen LogP contribution in [0.2, 0.25) is 0 Å². The Hall–Kier alpha value is -1.51. The highest BCUT2D eigenvalue weighted by atomic mass is 16.2. The van der Waals surface area contributed by atoms with Crippen LogP contribution in [0.1, 0.15) is 42.9 Å². The zero-order valence-electron chi connectivity index (χ0n) is 12.2. The molecule has 0 radical (unpaired) electrons. The Bertz CT molecular complexity index is 610. The standard InChI is InChI=1S/C18H22N2O/c19-12-4-5-13-9(8-12)3-6-14(13)20-18(21)17-15-10-1-2-11(7-10)16(15)17/h4-5,8,10-11,14-17H,1-3,6-7,19H2,(H,20,21). The van der Waals surface area contributed by atoms with E-state index in [9.17, 15) is 4.79 Å². The maximum absolute atomic E-state index is 12.6. The molecule has 3 nitrogen and oxygen atoms in total. The lowest BCUT2D eigenvalue weighted by atomic mass is 10.0. The minimum atomic E-state index is 0.215. The molecular weight excluding hydrogens is 260 g/mol. The molecule has 0 saturated heterocycles. The van der Waals surface area contributed by atoms with Crippen molar-refractivity contribution in [2.45, 2.75) is 38.1 Å². The van der Waals surface area contributed by atoms with E-state index in [0.29, 0.717) is 11.8 Å². The summed E-state index contributed by atoms with van der Waals surface area (Å²) in [6, 6.07) is 6.33. The van der Waals surface area contributed by atoms with Crippen molar-refractivity contribution in [2.24, 2.45) is 29.6 Å². The van der Waals surface area contributed by atoms with E-state index < -0.39 is 0 Å². The van der Waals surface area contributed by atoms with Gasteiger partial charge in [-0.2, -0.15) is 0 Å². The summed E-state index contributed by atoms with van der Waals surface area (Å²) in [4.78, 5) is 12.6. The number of benzene rings is 1. The van der Waals surface area contributed by atoms with Crippen molar-refractivity contribution in [1.82, 2.24) is 5.32 Å². The van der Waals surface area contributed by atoms with Gasteiger partial charge in [0.15, 0.2) is 0 Å². The molecule has 1 aromatic rings. The Morgan fingerprint density at radius 2 is 1.90 bits per heavy atom. The summed E-state index contributed by atoms with van der Waals surface area (Å²) in [5.41, 5.74) is 9.28. The van der Waals surface area contributed by atoms with Crippen LogP contribution in [0, 0.1) is 29.6 Å². The number of carbonyl (C=O) groups excluding carboxylic acids is 1. The fourth-order valence-electron chi connectivity index (χ4n) is 5.73. The molecule has 3 saturated carbocycles. The van der Waals surface area contributed by atoms with Crippen molar-refractivity contribution >= 4 is 11.6 Å². The quantitative estimate of drug-likeness (QED) is 0.819. The number of fused-ring (bicyclic) bond motifs is 6. The number of amides is 1. The molecule has 1 amide bonds. The van der Waals surface area contributed by atoms with Gasteiger partial charge in [0.2, 0.25) is 5.91 Å². The molecule has 2 bridgehead atoms. The van der Waals surface area contributed by atoms with Gasteiger partial charge in [0.05, 0.1) is 6.04 Å². The van der Waals surface area contributed by atoms with Gasteiger partial charge in [0.1, 0.15) is 0 Å². The number of nitrogens with two attached hydrogens (primary N) is 1. The van der Waals surface area contributed by atoms with Gasteiger partial charge >= 0.3 is 0 Å². The van der Waals surface area contributed by atoms with Crippen LogP contribution >= 0.6 is 0 Å². The van der Waals surface area contributed by atoms with E-state index in [2.05, 4.69) is 17.4 Å². The number of hydrogen-bond acceptors (Lipinski definition) is 2. The van der Waals surface area contributed by atoms with Crippen LogP contribution in [0.4, 0.5) is 5.69 Å². The predicted molar refractivity (Wildman–Crippen MR) is 81.4 cm³/mol. The van der Waals surface area contributed by atoms with Crippen LogP contribution in [-0.2, 0) is 11.2 Å². The van der Waals surface area contributed by atoms with Crippen LogP contribution < -0.4 is 11.1 Å². The molecule has 21 heavy (non-hydrogen) atoms. The monoisotopic (exact) mass is 282 g/mol. The third kappa shape index (κ3) is 1.63. The normalized spacial score (nSPS) is 41.7. The maximum Gasteiger partial charge on any atom is 0.224 e. The summed E-state index contributed by atoms with van der Waals surface area (Å²) >= 11 is 0. The van der Waals surface area contributed by atoms with Crippen LogP contribution in [0.5, 0.6) is 0 Å². The molecule has 5 atom stereocenters. The van der Waals surface area contributed by atoms with Crippen LogP contribution in [0.15, 0.2) is 18.2 Å². The molecule has 1 aromatic carbocycles. The van der Waals surface area contributed by atoms with Crippen molar-refractivity contribution < 1.29 is 4.79 Å². The van der Waals surface area contributed by atoms with Crippen LogP contribution in [0.3, 0.4) is 0 Å². The van der Waals surface area contributed by atoms with E-state index >= 15 is 0 Å². The second kappa shape index (κ2) is 4.02. The first-order chi connectivity index (χ1) is 10.2. The Balaban J connectivity index is 1.31. The topological polar surface area (TPSA) is 55.1 Å². The predicted octanol–water partition coefficient (Wildman–Crippen LogP) is 2.66. The third-order valence-corrected chi connectivity index (χ3v) is 6.60. The second-order valence-electron chi connectivity index (χ2n) is 7.57. The van der Waals surface area contributed by atoms with Gasteiger partial charge in [-0.05, 0) is 79.0 Å². The van der Waals surface area contributed by atoms with E-state index in [0.717, 1.165) is 42.2 Å². The van der Waals surface area contributed by atoms with Gasteiger partial charge < -0.3 is 11.1 Å². The average Bonchev–Trinajstić information content (AvgIpc) is 2.78. The smallest absolute Gasteiger partial charge is 0.224 e. The Morgan fingerprint density at radius 1 is 1.14 bits per heavy atom. The number of aryl methyl sites for hydroxylation is 1. The Kier molecular flexibility index (Phi) is 2.31. The molecule has 3 N–H and O–H groups in total. The van der Waals surface area contributed by atoms with Gasteiger partial charge in [-0.3, -0.25) is 4.79 Å². The highest BCUT2D eigenvalue weighted by molar-refractivity contribution is 5.83. The first-order valence-corrected chi connectivity index (χ1v) is 8.41. The largest absolute Gasteiger partial charge is 0.399 e. The minimum absolute atomic E-state index is 0.215. The first-order valence-electron chi connectivity index (χ1n) is 8.41. The van der Waals surface area contributed by atoms with E-state index in [4.69, 9.17) is 5.73 Å². The molecule has 4 aliphatic rings. The summed E-state index contributed by atoms with van der Waals surface area (Å²) in [6.07, 6.45) is 6.22. The highest BCUT2D eigenvalue weighted by Crippen LogP contribution is 2.69. The molecule has 5 unspecified atom stereocenters. The summed E-state index contributed by atoms with van der Waals surface area (Å²) in [5.74, 6) is 3.87. The second-order valence-corrected chi connectivity index (χ2v) is 7.57. The first kappa shape index (κ1) is 12.1. The highest BCUT2D eigenvalue weighted by Gasteiger charge is 2.67. The SMILES string of the molecule is Nc1ccc2c(c1)CCC2NC(=O)C1C2C3CCC(C3)C12. The van der Waals surface area contributed by atoms with Crippen molar-refractivity contribution in [3.05, 3.63) is 29.3 Å². The van der Waals surface area contributed by atoms with Crippen LogP contribution in [-0.4, -0.2) is 5.91 Å². The zero-order valence-corrected chi connectivity index (χ0v) is 12.2. The van der Waals surface area contributed by atoms with Gasteiger partial charge in [-0.25, -0.2) is 0 Å². The third-order valence-electron chi connectivity index (χ3n) is 6.60. The van der Waals surface area contributed by atoms with Gasteiger partial charge in [0.25, 0.3) is 0 Å². The van der Waals surface area contributed by atoms with Gasteiger partial charge in [-0.1, -0.05) is 6.07 Å². The summed E-state index contributed by atoms with van der Waals surface area (Å²) in [5, 5.41) is 3.33. The van der Waals surface area contributed by atoms with E-state index in [1.165, 1.54) is 30.4 Å². The molecule has 4 aliphatic carbocycles. The fraction of sp³-hybridized carbons (Fsp3) is 0.611. The number of carbonyl (C=O) groups is 1.